The van der Waals surface area contributed by atoms with Crippen LogP contribution in [0.2, 0.25) is 0 Å². The number of rotatable bonds is 3. The third-order valence-electron chi connectivity index (χ3n) is 1.10. The van der Waals surface area contributed by atoms with Crippen molar-refractivity contribution in [3.05, 3.63) is 30.3 Å². The molecule has 0 aliphatic carbocycles. The van der Waals surface area contributed by atoms with Gasteiger partial charge in [-0.1, -0.05) is 0 Å². The zero-order chi connectivity index (χ0) is 8.10. The molecule has 1 nitrogen and oxygen atoms in total. The first-order valence-electron chi connectivity index (χ1n) is 3.14. The molecule has 1 aromatic carbocycles. The van der Waals surface area contributed by atoms with Crippen LogP contribution in [-0.4, -0.2) is 25.5 Å². The molecular weight excluding hydrogens is 226 g/mol. The Balaban J connectivity index is 2.57. The van der Waals surface area contributed by atoms with Crippen LogP contribution in [0, 0.1) is 0 Å². The third-order valence-corrected chi connectivity index (χ3v) is 3.51. The van der Waals surface area contributed by atoms with Crippen LogP contribution < -0.4 is 4.46 Å². The van der Waals surface area contributed by atoms with Gasteiger partial charge in [0.15, 0.2) is 0 Å². The Morgan fingerprint density at radius 3 is 2.55 bits per heavy atom. The van der Waals surface area contributed by atoms with Gasteiger partial charge in [-0.3, -0.25) is 0 Å². The van der Waals surface area contributed by atoms with E-state index in [-0.39, 0.29) is 19.2 Å². The second kappa shape index (κ2) is 4.55. The van der Waals surface area contributed by atoms with Crippen molar-refractivity contribution in [3.8, 4) is 0 Å². The van der Waals surface area contributed by atoms with E-state index in [9.17, 15) is 4.79 Å². The summed E-state index contributed by atoms with van der Waals surface area (Å²) in [6.07, 6.45) is 0.786. The van der Waals surface area contributed by atoms with Gasteiger partial charge >= 0.3 is 76.7 Å². The first kappa shape index (κ1) is 8.79. The van der Waals surface area contributed by atoms with Crippen molar-refractivity contribution >= 4 is 37.3 Å². The average molecular weight is 234 g/mol. The van der Waals surface area contributed by atoms with Gasteiger partial charge in [0, 0.05) is 0 Å². The van der Waals surface area contributed by atoms with E-state index in [2.05, 4.69) is 0 Å². The maximum atomic E-state index is 10.2. The van der Waals surface area contributed by atoms with E-state index in [0.717, 1.165) is 10.7 Å². The van der Waals surface area contributed by atoms with Gasteiger partial charge in [0.2, 0.25) is 0 Å². The van der Waals surface area contributed by atoms with Crippen molar-refractivity contribution in [3.63, 3.8) is 0 Å². The third kappa shape index (κ3) is 3.06. The molecule has 0 N–H and O–H groups in total. The van der Waals surface area contributed by atoms with Crippen molar-refractivity contribution in [2.45, 2.75) is 4.28 Å². The first-order chi connectivity index (χ1) is 5.33. The summed E-state index contributed by atoms with van der Waals surface area (Å²) in [7, 11) is 0. The molecular formula is C8H7ClOSe. The second-order valence-corrected chi connectivity index (χ2v) is 5.52. The monoisotopic (exact) mass is 234 g/mol. The number of benzene rings is 1. The van der Waals surface area contributed by atoms with Gasteiger partial charge in [-0.25, -0.2) is 0 Å². The van der Waals surface area contributed by atoms with E-state index >= 15 is 0 Å². The van der Waals surface area contributed by atoms with Crippen LogP contribution >= 0.6 is 11.6 Å². The first-order valence-corrected chi connectivity index (χ1v) is 5.42. The van der Waals surface area contributed by atoms with Gasteiger partial charge in [-0.15, -0.1) is 0 Å². The predicted octanol–water partition coefficient (Wildman–Crippen LogP) is 0.780. The van der Waals surface area contributed by atoms with Crippen molar-refractivity contribution in [1.29, 1.82) is 0 Å². The number of alkyl halides is 1. The number of carbonyl (C=O) groups excluding carboxylic acids is 1. The Kier molecular flexibility index (Phi) is 3.64. The fraction of sp³-hybridized carbons (Fsp3) is 0.125. The molecule has 0 spiro atoms. The van der Waals surface area contributed by atoms with Gasteiger partial charge in [0.1, 0.15) is 0 Å². The summed E-state index contributed by atoms with van der Waals surface area (Å²) < 4.78 is 0.831. The van der Waals surface area contributed by atoms with E-state index in [0.29, 0.717) is 0 Å². The summed E-state index contributed by atoms with van der Waals surface area (Å²) in [6, 6.07) is 9.82. The predicted molar refractivity (Wildman–Crippen MR) is 47.5 cm³/mol. The molecule has 1 unspecified atom stereocenters. The molecule has 0 fully saturated rings. The summed E-state index contributed by atoms with van der Waals surface area (Å²) in [6.45, 7) is 0. The summed E-state index contributed by atoms with van der Waals surface area (Å²) in [4.78, 5) is 10.2. The molecule has 0 bridgehead atoms. The van der Waals surface area contributed by atoms with Crippen LogP contribution in [0.5, 0.6) is 0 Å². The Bertz CT molecular complexity index is 225. The second-order valence-electron chi connectivity index (χ2n) is 1.92. The summed E-state index contributed by atoms with van der Waals surface area (Å²) in [5, 5.41) is 0. The van der Waals surface area contributed by atoms with Gasteiger partial charge in [-0.05, 0) is 0 Å². The van der Waals surface area contributed by atoms with E-state index in [1.807, 2.05) is 30.3 Å². The standard InChI is InChI=1S/C8H7ClOSe/c9-8(6-10)11-7-4-2-1-3-5-7/h1-6,8H. The van der Waals surface area contributed by atoms with Gasteiger partial charge in [0.25, 0.3) is 0 Å². The van der Waals surface area contributed by atoms with Crippen LogP contribution in [-0.2, 0) is 4.79 Å². The molecule has 3 heteroatoms. The molecule has 0 saturated heterocycles. The fourth-order valence-corrected chi connectivity index (χ4v) is 2.51. The Labute approximate surface area is 76.9 Å². The number of halogens is 1. The van der Waals surface area contributed by atoms with Crippen molar-refractivity contribution < 1.29 is 4.79 Å². The Morgan fingerprint density at radius 1 is 1.36 bits per heavy atom. The molecule has 0 aromatic heterocycles. The van der Waals surface area contributed by atoms with Crippen molar-refractivity contribution in [2.75, 3.05) is 0 Å². The minimum absolute atomic E-state index is 0.0740. The molecule has 58 valence electrons. The number of hydrogen-bond donors (Lipinski definition) is 0. The van der Waals surface area contributed by atoms with Crippen LogP contribution in [0.4, 0.5) is 0 Å². The van der Waals surface area contributed by atoms with Gasteiger partial charge in [-0.2, -0.15) is 0 Å². The number of carbonyl (C=O) groups is 1. The molecule has 1 aromatic rings. The SMILES string of the molecule is O=CC(Cl)[Se]c1ccccc1. The normalized spacial score (nSPS) is 12.5. The summed E-state index contributed by atoms with van der Waals surface area (Å²) >= 11 is 5.73. The van der Waals surface area contributed by atoms with Crippen LogP contribution in [0.3, 0.4) is 0 Å². The summed E-state index contributed by atoms with van der Waals surface area (Å²) in [5.41, 5.74) is 0. The molecule has 0 saturated carbocycles. The molecule has 0 aliphatic heterocycles. The van der Waals surface area contributed by atoms with E-state index in [4.69, 9.17) is 11.6 Å². The zero-order valence-electron chi connectivity index (χ0n) is 5.74. The van der Waals surface area contributed by atoms with Crippen molar-refractivity contribution in [1.82, 2.24) is 0 Å². The van der Waals surface area contributed by atoms with Gasteiger partial charge in [0.05, 0.1) is 0 Å². The maximum absolute atomic E-state index is 10.2. The van der Waals surface area contributed by atoms with E-state index in [1.165, 1.54) is 0 Å². The number of hydrogen-bond acceptors (Lipinski definition) is 1. The molecule has 1 atom stereocenters. The van der Waals surface area contributed by atoms with Crippen LogP contribution in [0.1, 0.15) is 0 Å². The summed E-state index contributed by atoms with van der Waals surface area (Å²) in [5.74, 6) is 0. The van der Waals surface area contributed by atoms with E-state index < -0.39 is 0 Å². The minimum atomic E-state index is -0.329. The van der Waals surface area contributed by atoms with Crippen LogP contribution in [0.25, 0.3) is 0 Å². The molecule has 0 radical (unpaired) electrons. The molecule has 11 heavy (non-hydrogen) atoms. The molecule has 0 heterocycles. The fourth-order valence-electron chi connectivity index (χ4n) is 0.657. The van der Waals surface area contributed by atoms with Gasteiger partial charge < -0.3 is 0 Å². The molecule has 1 rings (SSSR count). The van der Waals surface area contributed by atoms with Crippen LogP contribution in [0.15, 0.2) is 30.3 Å². The molecule has 0 aliphatic rings. The Hall–Kier alpha value is -0.301. The Morgan fingerprint density at radius 2 is 2.00 bits per heavy atom. The topological polar surface area (TPSA) is 17.1 Å². The zero-order valence-corrected chi connectivity index (χ0v) is 8.20. The number of aldehydes is 1. The van der Waals surface area contributed by atoms with E-state index in [1.54, 1.807) is 0 Å². The molecule has 0 amide bonds. The quantitative estimate of drug-likeness (QED) is 0.428. The van der Waals surface area contributed by atoms with Crippen molar-refractivity contribution in [2.24, 2.45) is 0 Å². The average Bonchev–Trinajstić information content (AvgIpc) is 2.06.